The van der Waals surface area contributed by atoms with Crippen molar-refractivity contribution in [3.63, 3.8) is 0 Å². The molecule has 20 heavy (non-hydrogen) atoms. The minimum Gasteiger partial charge on any atom is -0.351 e. The van der Waals surface area contributed by atoms with Gasteiger partial charge < -0.3 is 5.32 Å². The van der Waals surface area contributed by atoms with Crippen LogP contribution in [0.4, 0.5) is 0 Å². The van der Waals surface area contributed by atoms with Crippen molar-refractivity contribution in [2.75, 3.05) is 6.54 Å². The molecule has 0 aliphatic rings. The third kappa shape index (κ3) is 3.88. The molecule has 0 radical (unpaired) electrons. The Morgan fingerprint density at radius 1 is 1.05 bits per heavy atom. The lowest BCUT2D eigenvalue weighted by Crippen LogP contribution is -2.25. The highest BCUT2D eigenvalue weighted by Crippen LogP contribution is 2.14. The van der Waals surface area contributed by atoms with E-state index in [2.05, 4.69) is 22.4 Å². The molecule has 104 valence electrons. The van der Waals surface area contributed by atoms with Gasteiger partial charge in [-0.25, -0.2) is 0 Å². The Kier molecular flexibility index (Phi) is 5.24. The van der Waals surface area contributed by atoms with E-state index in [9.17, 15) is 4.79 Å². The summed E-state index contributed by atoms with van der Waals surface area (Å²) in [6.45, 7) is 2.82. The van der Waals surface area contributed by atoms with Crippen molar-refractivity contribution in [2.24, 2.45) is 0 Å². The van der Waals surface area contributed by atoms with E-state index in [0.29, 0.717) is 12.2 Å². The standard InChI is InChI=1S/C16H19N3O/c1-2-3-7-12-17-16(20)15-11-10-14(18-19-15)13-8-5-4-6-9-13/h4-6,8-11H,2-3,7,12H2,1H3,(H,17,20). The van der Waals surface area contributed by atoms with Crippen LogP contribution in [0.2, 0.25) is 0 Å². The van der Waals surface area contributed by atoms with Gasteiger partial charge in [-0.2, -0.15) is 0 Å². The number of hydrogen-bond donors (Lipinski definition) is 1. The zero-order valence-corrected chi connectivity index (χ0v) is 11.7. The molecule has 0 unspecified atom stereocenters. The number of unbranched alkanes of at least 4 members (excludes halogenated alkanes) is 2. The molecule has 1 aromatic carbocycles. The van der Waals surface area contributed by atoms with Crippen molar-refractivity contribution in [3.05, 3.63) is 48.2 Å². The zero-order valence-electron chi connectivity index (χ0n) is 11.7. The van der Waals surface area contributed by atoms with Gasteiger partial charge in [0.05, 0.1) is 5.69 Å². The number of hydrogen-bond acceptors (Lipinski definition) is 3. The molecule has 0 saturated carbocycles. The molecule has 1 aromatic heterocycles. The van der Waals surface area contributed by atoms with E-state index < -0.39 is 0 Å². The summed E-state index contributed by atoms with van der Waals surface area (Å²) >= 11 is 0. The van der Waals surface area contributed by atoms with Gasteiger partial charge in [0.2, 0.25) is 0 Å². The smallest absolute Gasteiger partial charge is 0.271 e. The van der Waals surface area contributed by atoms with Crippen LogP contribution in [0.3, 0.4) is 0 Å². The summed E-state index contributed by atoms with van der Waals surface area (Å²) in [5, 5.41) is 10.9. The van der Waals surface area contributed by atoms with Crippen LogP contribution in [-0.2, 0) is 0 Å². The maximum atomic E-state index is 11.8. The maximum absolute atomic E-state index is 11.8. The Balaban J connectivity index is 1.96. The molecule has 1 amide bonds. The second kappa shape index (κ2) is 7.38. The van der Waals surface area contributed by atoms with E-state index in [4.69, 9.17) is 0 Å². The van der Waals surface area contributed by atoms with Gasteiger partial charge in [0, 0.05) is 12.1 Å². The van der Waals surface area contributed by atoms with Gasteiger partial charge >= 0.3 is 0 Å². The molecule has 0 spiro atoms. The lowest BCUT2D eigenvalue weighted by molar-refractivity contribution is 0.0947. The quantitative estimate of drug-likeness (QED) is 0.820. The fraction of sp³-hybridized carbons (Fsp3) is 0.312. The monoisotopic (exact) mass is 269 g/mol. The van der Waals surface area contributed by atoms with Gasteiger partial charge in [-0.3, -0.25) is 4.79 Å². The average molecular weight is 269 g/mol. The van der Waals surface area contributed by atoms with Crippen molar-refractivity contribution in [1.29, 1.82) is 0 Å². The number of carbonyl (C=O) groups is 1. The second-order valence-electron chi connectivity index (χ2n) is 4.63. The molecular weight excluding hydrogens is 250 g/mol. The van der Waals surface area contributed by atoms with Crippen LogP contribution >= 0.6 is 0 Å². The SMILES string of the molecule is CCCCCNC(=O)c1ccc(-c2ccccc2)nn1. The number of benzene rings is 1. The molecular formula is C16H19N3O. The highest BCUT2D eigenvalue weighted by Gasteiger charge is 2.07. The first-order valence-corrected chi connectivity index (χ1v) is 6.98. The molecule has 2 rings (SSSR count). The zero-order chi connectivity index (χ0) is 14.2. The van der Waals surface area contributed by atoms with Crippen molar-refractivity contribution < 1.29 is 4.79 Å². The van der Waals surface area contributed by atoms with Crippen LogP contribution in [0.15, 0.2) is 42.5 Å². The molecule has 0 atom stereocenters. The van der Waals surface area contributed by atoms with Crippen molar-refractivity contribution in [1.82, 2.24) is 15.5 Å². The molecule has 0 bridgehead atoms. The number of carbonyl (C=O) groups excluding carboxylic acids is 1. The fourth-order valence-electron chi connectivity index (χ4n) is 1.88. The number of aromatic nitrogens is 2. The number of amides is 1. The lowest BCUT2D eigenvalue weighted by Gasteiger charge is -2.04. The molecule has 1 N–H and O–H groups in total. The van der Waals surface area contributed by atoms with Crippen LogP contribution in [0, 0.1) is 0 Å². The Bertz CT molecular complexity index is 537. The van der Waals surface area contributed by atoms with Crippen molar-refractivity contribution in [2.45, 2.75) is 26.2 Å². The van der Waals surface area contributed by atoms with Crippen molar-refractivity contribution >= 4 is 5.91 Å². The summed E-state index contributed by atoms with van der Waals surface area (Å²) in [6, 6.07) is 13.3. The third-order valence-corrected chi connectivity index (χ3v) is 3.03. The van der Waals surface area contributed by atoms with E-state index in [1.54, 1.807) is 6.07 Å². The normalized spacial score (nSPS) is 10.2. The van der Waals surface area contributed by atoms with Gasteiger partial charge in [0.15, 0.2) is 5.69 Å². The van der Waals surface area contributed by atoms with Gasteiger partial charge in [-0.15, -0.1) is 10.2 Å². The summed E-state index contributed by atoms with van der Waals surface area (Å²) < 4.78 is 0. The van der Waals surface area contributed by atoms with E-state index in [1.165, 1.54) is 0 Å². The molecule has 0 saturated heterocycles. The minimum atomic E-state index is -0.159. The van der Waals surface area contributed by atoms with Crippen LogP contribution in [0.5, 0.6) is 0 Å². The van der Waals surface area contributed by atoms with Gasteiger partial charge in [-0.05, 0) is 18.6 Å². The number of rotatable bonds is 6. The molecule has 0 aliphatic heterocycles. The Labute approximate surface area is 119 Å². The topological polar surface area (TPSA) is 54.9 Å². The average Bonchev–Trinajstić information content (AvgIpc) is 2.52. The second-order valence-corrected chi connectivity index (χ2v) is 4.63. The van der Waals surface area contributed by atoms with Crippen LogP contribution < -0.4 is 5.32 Å². The Morgan fingerprint density at radius 2 is 1.85 bits per heavy atom. The minimum absolute atomic E-state index is 0.159. The van der Waals surface area contributed by atoms with Crippen LogP contribution in [0.25, 0.3) is 11.3 Å². The van der Waals surface area contributed by atoms with Crippen LogP contribution in [0.1, 0.15) is 36.7 Å². The first-order valence-electron chi connectivity index (χ1n) is 6.98. The summed E-state index contributed by atoms with van der Waals surface area (Å²) in [7, 11) is 0. The number of nitrogens with one attached hydrogen (secondary N) is 1. The highest BCUT2D eigenvalue weighted by atomic mass is 16.1. The molecule has 0 aliphatic carbocycles. The van der Waals surface area contributed by atoms with Gasteiger partial charge in [-0.1, -0.05) is 50.1 Å². The van der Waals surface area contributed by atoms with Gasteiger partial charge in [0.25, 0.3) is 5.91 Å². The summed E-state index contributed by atoms with van der Waals surface area (Å²) in [4.78, 5) is 11.8. The summed E-state index contributed by atoms with van der Waals surface area (Å²) in [5.41, 5.74) is 2.13. The largest absolute Gasteiger partial charge is 0.351 e. The predicted molar refractivity (Wildman–Crippen MR) is 79.3 cm³/mol. The first-order chi connectivity index (χ1) is 9.81. The molecule has 4 nitrogen and oxygen atoms in total. The predicted octanol–water partition coefficient (Wildman–Crippen LogP) is 3.06. The molecule has 1 heterocycles. The highest BCUT2D eigenvalue weighted by molar-refractivity contribution is 5.92. The van der Waals surface area contributed by atoms with Crippen molar-refractivity contribution in [3.8, 4) is 11.3 Å². The van der Waals surface area contributed by atoms with E-state index in [0.717, 1.165) is 30.5 Å². The van der Waals surface area contributed by atoms with E-state index in [1.807, 2.05) is 36.4 Å². The molecule has 4 heteroatoms. The third-order valence-electron chi connectivity index (χ3n) is 3.03. The molecule has 2 aromatic rings. The number of nitrogens with zero attached hydrogens (tertiary/aromatic N) is 2. The van der Waals surface area contributed by atoms with E-state index >= 15 is 0 Å². The summed E-state index contributed by atoms with van der Waals surface area (Å²) in [6.07, 6.45) is 3.26. The first kappa shape index (κ1) is 14.2. The Hall–Kier alpha value is -2.23. The Morgan fingerprint density at radius 3 is 2.50 bits per heavy atom. The van der Waals surface area contributed by atoms with Gasteiger partial charge in [0.1, 0.15) is 0 Å². The lowest BCUT2D eigenvalue weighted by atomic mass is 10.1. The fourth-order valence-corrected chi connectivity index (χ4v) is 1.88. The van der Waals surface area contributed by atoms with E-state index in [-0.39, 0.29) is 5.91 Å². The maximum Gasteiger partial charge on any atom is 0.271 e. The van der Waals surface area contributed by atoms with Crippen LogP contribution in [-0.4, -0.2) is 22.6 Å². The molecule has 0 fully saturated rings. The summed E-state index contributed by atoms with van der Waals surface area (Å²) in [5.74, 6) is -0.159.